The fraction of sp³-hybridized carbons (Fsp3) is 0.0455. The van der Waals surface area contributed by atoms with E-state index in [1.54, 1.807) is 36.4 Å². The maximum Gasteiger partial charge on any atom is 0.263 e. The molecule has 8 nitrogen and oxygen atoms in total. The summed E-state index contributed by atoms with van der Waals surface area (Å²) in [6, 6.07) is 18.5. The number of nitrogens with zero attached hydrogens (tertiary/aromatic N) is 1. The van der Waals surface area contributed by atoms with Crippen molar-refractivity contribution in [2.75, 3.05) is 17.1 Å². The van der Waals surface area contributed by atoms with Crippen LogP contribution in [0.25, 0.3) is 0 Å². The zero-order chi connectivity index (χ0) is 22.2. The Bertz CT molecular complexity index is 1320. The Morgan fingerprint density at radius 1 is 0.806 bits per heavy atom. The molecule has 9 heteroatoms. The van der Waals surface area contributed by atoms with Crippen molar-refractivity contribution >= 4 is 39.1 Å². The van der Waals surface area contributed by atoms with Gasteiger partial charge in [0.25, 0.3) is 27.7 Å². The van der Waals surface area contributed by atoms with Crippen LogP contribution in [0.5, 0.6) is 0 Å². The number of hydrogen-bond acceptors (Lipinski definition) is 5. The number of carbonyl (C=O) groups excluding carboxylic acids is 3. The van der Waals surface area contributed by atoms with Crippen LogP contribution in [-0.4, -0.2) is 38.1 Å². The van der Waals surface area contributed by atoms with Crippen LogP contribution in [0.3, 0.4) is 0 Å². The number of anilines is 2. The predicted octanol–water partition coefficient (Wildman–Crippen LogP) is 2.97. The topological polar surface area (TPSA) is 113 Å². The van der Waals surface area contributed by atoms with Gasteiger partial charge >= 0.3 is 0 Å². The predicted molar refractivity (Wildman–Crippen MR) is 115 cm³/mol. The Balaban J connectivity index is 1.66. The van der Waals surface area contributed by atoms with Crippen LogP contribution >= 0.6 is 0 Å². The maximum atomic E-state index is 13.0. The van der Waals surface area contributed by atoms with Gasteiger partial charge in [-0.1, -0.05) is 36.4 Å². The molecule has 1 aliphatic rings. The lowest BCUT2D eigenvalue weighted by molar-refractivity contribution is 0.0693. The Morgan fingerprint density at radius 2 is 1.45 bits per heavy atom. The van der Waals surface area contributed by atoms with Gasteiger partial charge < -0.3 is 5.32 Å². The van der Waals surface area contributed by atoms with Crippen LogP contribution in [0.2, 0.25) is 0 Å². The molecule has 1 heterocycles. The van der Waals surface area contributed by atoms with E-state index in [-0.39, 0.29) is 33.0 Å². The fourth-order valence-electron chi connectivity index (χ4n) is 3.27. The molecule has 156 valence electrons. The summed E-state index contributed by atoms with van der Waals surface area (Å²) in [4.78, 5) is 38.6. The van der Waals surface area contributed by atoms with E-state index in [1.807, 2.05) is 0 Å². The highest BCUT2D eigenvalue weighted by atomic mass is 32.2. The number of nitrogens with one attached hydrogen (secondary N) is 2. The van der Waals surface area contributed by atoms with Crippen LogP contribution in [0.4, 0.5) is 11.4 Å². The second-order valence-corrected chi connectivity index (χ2v) is 8.50. The monoisotopic (exact) mass is 435 g/mol. The van der Waals surface area contributed by atoms with Gasteiger partial charge in [-0.2, -0.15) is 0 Å². The SMILES string of the molecule is CN1C(=O)c2cccc(NC(=O)c3ccccc3NS(=O)(=O)c3ccccc3)c2C1=O. The normalized spacial score (nSPS) is 13.1. The van der Waals surface area contributed by atoms with E-state index in [4.69, 9.17) is 0 Å². The lowest BCUT2D eigenvalue weighted by Crippen LogP contribution is -2.24. The highest BCUT2D eigenvalue weighted by molar-refractivity contribution is 7.92. The lowest BCUT2D eigenvalue weighted by Gasteiger charge is -2.14. The van der Waals surface area contributed by atoms with Crippen molar-refractivity contribution < 1.29 is 22.8 Å². The van der Waals surface area contributed by atoms with Crippen LogP contribution in [0.1, 0.15) is 31.1 Å². The van der Waals surface area contributed by atoms with E-state index in [1.165, 1.54) is 43.4 Å². The molecule has 0 atom stereocenters. The minimum Gasteiger partial charge on any atom is -0.321 e. The average Bonchev–Trinajstić information content (AvgIpc) is 2.99. The van der Waals surface area contributed by atoms with Crippen molar-refractivity contribution in [1.82, 2.24) is 4.90 Å². The molecule has 0 fully saturated rings. The largest absolute Gasteiger partial charge is 0.321 e. The van der Waals surface area contributed by atoms with E-state index in [0.717, 1.165) is 4.90 Å². The highest BCUT2D eigenvalue weighted by Gasteiger charge is 2.35. The molecule has 0 spiro atoms. The van der Waals surface area contributed by atoms with Gasteiger partial charge in [-0.05, 0) is 36.4 Å². The van der Waals surface area contributed by atoms with Crippen molar-refractivity contribution in [3.05, 3.63) is 89.5 Å². The molecular formula is C22H17N3O5S. The summed E-state index contributed by atoms with van der Waals surface area (Å²) >= 11 is 0. The number of sulfonamides is 1. The third-order valence-corrected chi connectivity index (χ3v) is 6.22. The number of benzene rings is 3. The van der Waals surface area contributed by atoms with E-state index in [2.05, 4.69) is 10.0 Å². The maximum absolute atomic E-state index is 13.0. The molecule has 3 aromatic rings. The molecule has 0 bridgehead atoms. The van der Waals surface area contributed by atoms with Crippen molar-refractivity contribution in [2.45, 2.75) is 4.90 Å². The summed E-state index contributed by atoms with van der Waals surface area (Å²) in [6.07, 6.45) is 0. The van der Waals surface area contributed by atoms with Gasteiger partial charge in [0.2, 0.25) is 0 Å². The van der Waals surface area contributed by atoms with Crippen molar-refractivity contribution in [2.24, 2.45) is 0 Å². The zero-order valence-corrected chi connectivity index (χ0v) is 17.1. The minimum absolute atomic E-state index is 0.0539. The third kappa shape index (κ3) is 3.66. The molecular weight excluding hydrogens is 418 g/mol. The Hall–Kier alpha value is -3.98. The molecule has 1 aliphatic heterocycles. The van der Waals surface area contributed by atoms with Gasteiger partial charge in [-0.3, -0.25) is 24.0 Å². The van der Waals surface area contributed by atoms with E-state index >= 15 is 0 Å². The number of hydrogen-bond donors (Lipinski definition) is 2. The van der Waals surface area contributed by atoms with Gasteiger partial charge in [-0.25, -0.2) is 8.42 Å². The van der Waals surface area contributed by atoms with Crippen molar-refractivity contribution in [3.63, 3.8) is 0 Å². The molecule has 0 aromatic heterocycles. The average molecular weight is 435 g/mol. The second-order valence-electron chi connectivity index (χ2n) is 6.82. The van der Waals surface area contributed by atoms with E-state index in [9.17, 15) is 22.8 Å². The summed E-state index contributed by atoms with van der Waals surface area (Å²) < 4.78 is 27.8. The second kappa shape index (κ2) is 7.69. The Labute approximate surface area is 178 Å². The van der Waals surface area contributed by atoms with Gasteiger partial charge in [0.15, 0.2) is 0 Å². The molecule has 0 radical (unpaired) electrons. The first-order valence-electron chi connectivity index (χ1n) is 9.23. The molecule has 0 saturated carbocycles. The molecule has 3 aromatic carbocycles. The van der Waals surface area contributed by atoms with Crippen molar-refractivity contribution in [1.29, 1.82) is 0 Å². The summed E-state index contributed by atoms with van der Waals surface area (Å²) in [7, 11) is -2.55. The molecule has 3 amide bonds. The first kappa shape index (κ1) is 20.3. The minimum atomic E-state index is -3.91. The first-order valence-corrected chi connectivity index (χ1v) is 10.7. The summed E-state index contributed by atoms with van der Waals surface area (Å²) in [5, 5.41) is 2.62. The van der Waals surface area contributed by atoms with Gasteiger partial charge in [0, 0.05) is 7.05 Å². The van der Waals surface area contributed by atoms with Crippen molar-refractivity contribution in [3.8, 4) is 0 Å². The van der Waals surface area contributed by atoms with E-state index in [0.29, 0.717) is 0 Å². The molecule has 4 rings (SSSR count). The van der Waals surface area contributed by atoms with Crippen LogP contribution in [0.15, 0.2) is 77.7 Å². The van der Waals surface area contributed by atoms with Crippen LogP contribution < -0.4 is 10.0 Å². The zero-order valence-electron chi connectivity index (χ0n) is 16.3. The number of para-hydroxylation sites is 1. The summed E-state index contributed by atoms with van der Waals surface area (Å²) in [6.45, 7) is 0. The summed E-state index contributed by atoms with van der Waals surface area (Å²) in [5.74, 6) is -1.60. The van der Waals surface area contributed by atoms with Crippen LogP contribution in [0, 0.1) is 0 Å². The summed E-state index contributed by atoms with van der Waals surface area (Å²) in [5.41, 5.74) is 0.612. The Kier molecular flexibility index (Phi) is 5.04. The molecule has 2 N–H and O–H groups in total. The van der Waals surface area contributed by atoms with Gasteiger partial charge in [0.05, 0.1) is 33.0 Å². The number of imide groups is 1. The number of rotatable bonds is 5. The van der Waals surface area contributed by atoms with Gasteiger partial charge in [0.1, 0.15) is 0 Å². The molecule has 0 saturated heterocycles. The molecule has 0 aliphatic carbocycles. The van der Waals surface area contributed by atoms with Crippen LogP contribution in [-0.2, 0) is 10.0 Å². The number of amides is 3. The molecule has 0 unspecified atom stereocenters. The molecule has 31 heavy (non-hydrogen) atoms. The van der Waals surface area contributed by atoms with Gasteiger partial charge in [-0.15, -0.1) is 0 Å². The first-order chi connectivity index (χ1) is 14.8. The lowest BCUT2D eigenvalue weighted by atomic mass is 10.1. The third-order valence-electron chi connectivity index (χ3n) is 4.84. The Morgan fingerprint density at radius 3 is 2.19 bits per heavy atom. The fourth-order valence-corrected chi connectivity index (χ4v) is 4.37. The number of fused-ring (bicyclic) bond motifs is 1. The quantitative estimate of drug-likeness (QED) is 0.599. The number of carbonyl (C=O) groups is 3. The highest BCUT2D eigenvalue weighted by Crippen LogP contribution is 2.29. The van der Waals surface area contributed by atoms with E-state index < -0.39 is 27.7 Å². The smallest absolute Gasteiger partial charge is 0.263 e. The standard InChI is InChI=1S/C22H17N3O5S/c1-25-21(27)16-11-7-13-18(19(16)22(25)28)23-20(26)15-10-5-6-12-17(15)24-31(29,30)14-8-3-2-4-9-14/h2-13,24H,1H3,(H,23,26).